The quantitative estimate of drug-likeness (QED) is 0.0381. The topological polar surface area (TPSA) is 322 Å². The van der Waals surface area contributed by atoms with Gasteiger partial charge in [-0.2, -0.15) is 30.4 Å². The molecule has 0 saturated carbocycles. The molecule has 248 valence electrons. The zero-order valence-corrected chi connectivity index (χ0v) is 25.8. The molecule has 0 aliphatic heterocycles. The van der Waals surface area contributed by atoms with Crippen LogP contribution in [0.15, 0.2) is 102 Å². The molecule has 0 heterocycles. The molecule has 22 heteroatoms. The normalized spacial score (nSPS) is 12.8. The predicted octanol–water partition coefficient (Wildman–Crippen LogP) is 5.47. The molecule has 0 aromatic heterocycles. The van der Waals surface area contributed by atoms with Crippen LogP contribution in [-0.4, -0.2) is 54.0 Å². The minimum absolute atomic E-state index is 0.0344. The molecule has 5 rings (SSSR count). The number of rotatable bonds is 8. The summed E-state index contributed by atoms with van der Waals surface area (Å²) in [6, 6.07) is 11.9. The van der Waals surface area contributed by atoms with Crippen molar-refractivity contribution >= 4 is 86.0 Å². The number of phenolic OH excluding ortho intramolecular Hbond substituents is 2. The van der Waals surface area contributed by atoms with Gasteiger partial charge in [-0.25, -0.2) is 0 Å². The van der Waals surface area contributed by atoms with Gasteiger partial charge in [0.2, 0.25) is 0 Å². The van der Waals surface area contributed by atoms with Gasteiger partial charge in [0.15, 0.2) is 11.5 Å². The largest absolute Gasteiger partial charge is 0.505 e. The number of non-ortho nitro benzene ring substituents is 1. The van der Waals surface area contributed by atoms with Gasteiger partial charge in [0.05, 0.1) is 27.4 Å². The third kappa shape index (κ3) is 6.33. The Hall–Kier alpha value is -5.65. The van der Waals surface area contributed by atoms with Gasteiger partial charge in [-0.05, 0) is 36.4 Å². The second-order valence-electron chi connectivity index (χ2n) is 9.69. The number of azo groups is 2. The zero-order valence-electron chi connectivity index (χ0n) is 23.4. The van der Waals surface area contributed by atoms with Crippen LogP contribution in [0.2, 0.25) is 0 Å². The monoisotopic (exact) mass is 718 g/mol. The Morgan fingerprint density at radius 3 is 1.81 bits per heavy atom. The van der Waals surface area contributed by atoms with E-state index in [0.717, 1.165) is 30.3 Å². The molecule has 0 saturated heterocycles. The lowest BCUT2D eigenvalue weighted by molar-refractivity contribution is -0.384. The number of hydrogen-bond donors (Lipinski definition) is 6. The van der Waals surface area contributed by atoms with Crippen molar-refractivity contribution in [1.82, 2.24) is 0 Å². The third-order valence-corrected chi connectivity index (χ3v) is 9.37. The number of anilines is 1. The molecule has 0 atom stereocenters. The fourth-order valence-electron chi connectivity index (χ4n) is 4.56. The molecule has 0 spiro atoms. The van der Waals surface area contributed by atoms with Crippen LogP contribution in [0.5, 0.6) is 11.5 Å². The number of nitro groups is 1. The van der Waals surface area contributed by atoms with Gasteiger partial charge >= 0.3 is 0 Å². The molecular weight excluding hydrogens is 701 g/mol. The number of fused-ring (bicyclic) bond motifs is 2. The van der Waals surface area contributed by atoms with Crippen LogP contribution in [0.1, 0.15) is 0 Å². The zero-order chi connectivity index (χ0) is 35.3. The maximum Gasteiger partial charge on any atom is 0.296 e. The van der Waals surface area contributed by atoms with Gasteiger partial charge in [-0.15, -0.1) is 15.3 Å². The van der Waals surface area contributed by atoms with E-state index in [1.54, 1.807) is 0 Å². The summed E-state index contributed by atoms with van der Waals surface area (Å²) in [5.41, 5.74) is 3.52. The maximum atomic E-state index is 12.3. The fraction of sp³-hybridized carbons (Fsp3) is 0. The van der Waals surface area contributed by atoms with Gasteiger partial charge in [-0.3, -0.25) is 23.8 Å². The highest BCUT2D eigenvalue weighted by atomic mass is 32.2. The van der Waals surface area contributed by atoms with E-state index in [-0.39, 0.29) is 27.8 Å². The molecule has 48 heavy (non-hydrogen) atoms. The van der Waals surface area contributed by atoms with Gasteiger partial charge < -0.3 is 15.9 Å². The van der Waals surface area contributed by atoms with Crippen LogP contribution in [0, 0.1) is 10.1 Å². The molecule has 0 aliphatic carbocycles. The first-order chi connectivity index (χ1) is 22.3. The summed E-state index contributed by atoms with van der Waals surface area (Å²) in [5.74, 6) is -1.71. The molecular formula is C26H18N6O13S3. The van der Waals surface area contributed by atoms with E-state index >= 15 is 0 Å². The Morgan fingerprint density at radius 2 is 1.23 bits per heavy atom. The number of nitrogens with two attached hydrogens (primary N) is 1. The second-order valence-corrected chi connectivity index (χ2v) is 13.9. The van der Waals surface area contributed by atoms with Crippen molar-refractivity contribution in [2.24, 2.45) is 20.5 Å². The van der Waals surface area contributed by atoms with Crippen LogP contribution in [0.25, 0.3) is 21.5 Å². The summed E-state index contributed by atoms with van der Waals surface area (Å²) in [7, 11) is -15.4. The lowest BCUT2D eigenvalue weighted by Crippen LogP contribution is -2.08. The Kier molecular flexibility index (Phi) is 8.33. The summed E-state index contributed by atoms with van der Waals surface area (Å²) in [6.45, 7) is 0. The van der Waals surface area contributed by atoms with Gasteiger partial charge in [0.1, 0.15) is 26.1 Å². The molecule has 19 nitrogen and oxygen atoms in total. The van der Waals surface area contributed by atoms with Crippen LogP contribution < -0.4 is 5.73 Å². The van der Waals surface area contributed by atoms with E-state index in [4.69, 9.17) is 5.73 Å². The number of benzene rings is 5. The van der Waals surface area contributed by atoms with Crippen LogP contribution >= 0.6 is 0 Å². The van der Waals surface area contributed by atoms with Crippen molar-refractivity contribution in [3.05, 3.63) is 76.8 Å². The van der Waals surface area contributed by atoms with E-state index < -0.39 is 89.3 Å². The van der Waals surface area contributed by atoms with Gasteiger partial charge in [0.25, 0.3) is 36.0 Å². The van der Waals surface area contributed by atoms with Crippen LogP contribution in [0.3, 0.4) is 0 Å². The van der Waals surface area contributed by atoms with Crippen LogP contribution in [0.4, 0.5) is 34.1 Å². The van der Waals surface area contributed by atoms with E-state index in [1.165, 1.54) is 30.3 Å². The van der Waals surface area contributed by atoms with Gasteiger partial charge in [0, 0.05) is 28.3 Å². The van der Waals surface area contributed by atoms with E-state index in [2.05, 4.69) is 20.5 Å². The van der Waals surface area contributed by atoms with Gasteiger partial charge in [-0.1, -0.05) is 18.2 Å². The van der Waals surface area contributed by atoms with E-state index in [9.17, 15) is 59.2 Å². The molecule has 0 aliphatic rings. The first-order valence-corrected chi connectivity index (χ1v) is 17.0. The average molecular weight is 719 g/mol. The molecule has 0 bridgehead atoms. The molecule has 5 aromatic carbocycles. The minimum Gasteiger partial charge on any atom is -0.505 e. The first kappa shape index (κ1) is 33.7. The van der Waals surface area contributed by atoms with Crippen molar-refractivity contribution in [3.8, 4) is 11.5 Å². The maximum absolute atomic E-state index is 12.3. The standard InChI is InChI=1S/C26H18N6O13S3/c27-23-20(47(40,41)42)11-19(46(37,38)39)15-8-9-18(26(34)22(15)23)30-29-17-3-1-2-14-16(17)10-21(48(43,44)45)24(25(14)33)31-28-12-4-6-13(7-5-12)32(35)36/h1-11,33-34H,27H2,(H,37,38,39)(H,40,41,42)(H,43,44,45). The van der Waals surface area contributed by atoms with Crippen molar-refractivity contribution in [2.45, 2.75) is 14.7 Å². The number of aromatic hydroxyl groups is 2. The molecule has 0 fully saturated rings. The lowest BCUT2D eigenvalue weighted by Gasteiger charge is -2.13. The SMILES string of the molecule is Nc1c(S(=O)(=O)O)cc(S(=O)(=O)O)c2ccc(N=Nc3cccc4c(O)c(N=Nc5ccc([N+](=O)[O-])cc5)c(S(=O)(=O)O)cc34)c(O)c12. The summed E-state index contributed by atoms with van der Waals surface area (Å²) in [6.07, 6.45) is 0. The predicted molar refractivity (Wildman–Crippen MR) is 167 cm³/mol. The summed E-state index contributed by atoms with van der Waals surface area (Å²) in [5, 5.41) is 46.8. The lowest BCUT2D eigenvalue weighted by atomic mass is 10.1. The summed E-state index contributed by atoms with van der Waals surface area (Å²) < 4.78 is 101. The van der Waals surface area contributed by atoms with E-state index in [0.29, 0.717) is 6.07 Å². The highest BCUT2D eigenvalue weighted by Gasteiger charge is 2.27. The highest BCUT2D eigenvalue weighted by molar-refractivity contribution is 7.87. The van der Waals surface area contributed by atoms with Crippen molar-refractivity contribution in [1.29, 1.82) is 0 Å². The second kappa shape index (κ2) is 11.9. The third-order valence-electron chi connectivity index (χ3n) is 6.72. The number of hydrogen-bond acceptors (Lipinski definition) is 15. The molecule has 0 amide bonds. The number of nitrogens with zero attached hydrogens (tertiary/aromatic N) is 5. The average Bonchev–Trinajstić information content (AvgIpc) is 2.98. The Balaban J connectivity index is 1.67. The number of phenols is 2. The smallest absolute Gasteiger partial charge is 0.296 e. The van der Waals surface area contributed by atoms with Crippen LogP contribution in [-0.2, 0) is 30.4 Å². The molecule has 0 unspecified atom stereocenters. The molecule has 7 N–H and O–H groups in total. The number of nitrogen functional groups attached to an aromatic ring is 1. The summed E-state index contributed by atoms with van der Waals surface area (Å²) in [4.78, 5) is 7.15. The minimum atomic E-state index is -5.16. The fourth-order valence-corrected chi connectivity index (χ4v) is 6.64. The molecule has 0 radical (unpaired) electrons. The first-order valence-electron chi connectivity index (χ1n) is 12.7. The Labute approximate surface area is 268 Å². The van der Waals surface area contributed by atoms with Crippen molar-refractivity contribution < 1.29 is 54.0 Å². The van der Waals surface area contributed by atoms with Crippen molar-refractivity contribution in [3.63, 3.8) is 0 Å². The highest BCUT2D eigenvalue weighted by Crippen LogP contribution is 2.46. The van der Waals surface area contributed by atoms with E-state index in [1.807, 2.05) is 0 Å². The summed E-state index contributed by atoms with van der Waals surface area (Å²) >= 11 is 0. The number of nitro benzene ring substituents is 1. The molecule has 5 aromatic rings. The Morgan fingerprint density at radius 1 is 0.625 bits per heavy atom. The Bertz CT molecular complexity index is 2590. The van der Waals surface area contributed by atoms with Crippen molar-refractivity contribution in [2.75, 3.05) is 5.73 Å².